The molecule has 3 nitrogen and oxygen atoms in total. The van der Waals surface area contributed by atoms with Gasteiger partial charge in [-0.2, -0.15) is 13.2 Å². The van der Waals surface area contributed by atoms with Crippen LogP contribution in [0.3, 0.4) is 0 Å². The van der Waals surface area contributed by atoms with Gasteiger partial charge in [0.1, 0.15) is 5.83 Å². The number of hydrogen-bond acceptors (Lipinski definition) is 3. The van der Waals surface area contributed by atoms with Crippen LogP contribution in [0.15, 0.2) is 73.2 Å². The van der Waals surface area contributed by atoms with Crippen LogP contribution in [0.5, 0.6) is 0 Å². The van der Waals surface area contributed by atoms with Crippen molar-refractivity contribution in [1.82, 2.24) is 5.32 Å². The molecule has 0 aliphatic carbocycles. The summed E-state index contributed by atoms with van der Waals surface area (Å²) >= 11 is 1.06. The third-order valence-electron chi connectivity index (χ3n) is 3.34. The summed E-state index contributed by atoms with van der Waals surface area (Å²) in [5, 5.41) is 2.36. The fourth-order valence-electron chi connectivity index (χ4n) is 2.07. The monoisotopic (exact) mass is 395 g/mol. The molecule has 1 heterocycles. The van der Waals surface area contributed by atoms with E-state index in [9.17, 15) is 27.2 Å². The Hall–Kier alpha value is -3.00. The van der Waals surface area contributed by atoms with Gasteiger partial charge in [0, 0.05) is 10.4 Å². The number of hydrogen-bond donors (Lipinski definition) is 1. The molecule has 0 aliphatic rings. The van der Waals surface area contributed by atoms with Crippen molar-refractivity contribution in [3.05, 3.63) is 83.7 Å². The van der Waals surface area contributed by atoms with E-state index in [0.717, 1.165) is 23.5 Å². The average Bonchev–Trinajstić information content (AvgIpc) is 3.10. The second kappa shape index (κ2) is 8.13. The Balaban J connectivity index is 2.19. The third-order valence-corrected chi connectivity index (χ3v) is 4.48. The fourth-order valence-corrected chi connectivity index (χ4v) is 2.97. The SMILES string of the molecule is C=C/C=C(/NC(=O)c1ccc(-c2ccc(C(=O)C(F)(F)F)cc2)s1)C(=C)F. The smallest absolute Gasteiger partial charge is 0.319 e. The first-order valence-corrected chi connectivity index (χ1v) is 8.25. The van der Waals surface area contributed by atoms with E-state index in [4.69, 9.17) is 0 Å². The lowest BCUT2D eigenvalue weighted by molar-refractivity contribution is -0.0885. The Morgan fingerprint density at radius 3 is 2.22 bits per heavy atom. The molecular formula is C19H13F4NO2S. The third kappa shape index (κ3) is 5.01. The highest BCUT2D eigenvalue weighted by Gasteiger charge is 2.39. The molecule has 0 saturated carbocycles. The van der Waals surface area contributed by atoms with Gasteiger partial charge in [0.25, 0.3) is 11.7 Å². The molecule has 1 N–H and O–H groups in total. The van der Waals surface area contributed by atoms with E-state index in [2.05, 4.69) is 18.5 Å². The molecule has 8 heteroatoms. The van der Waals surface area contributed by atoms with Gasteiger partial charge in [0.15, 0.2) is 0 Å². The van der Waals surface area contributed by atoms with E-state index in [-0.39, 0.29) is 10.6 Å². The van der Waals surface area contributed by atoms with Gasteiger partial charge >= 0.3 is 6.18 Å². The van der Waals surface area contributed by atoms with Crippen molar-refractivity contribution < 1.29 is 27.2 Å². The summed E-state index contributed by atoms with van der Waals surface area (Å²) in [7, 11) is 0. The van der Waals surface area contributed by atoms with Crippen LogP contribution in [-0.2, 0) is 0 Å². The molecule has 0 unspecified atom stereocenters. The first-order chi connectivity index (χ1) is 12.6. The number of benzene rings is 1. The van der Waals surface area contributed by atoms with Gasteiger partial charge in [0.05, 0.1) is 10.6 Å². The van der Waals surface area contributed by atoms with E-state index in [0.29, 0.717) is 10.4 Å². The highest BCUT2D eigenvalue weighted by molar-refractivity contribution is 7.17. The Labute approximate surface area is 156 Å². The van der Waals surface area contributed by atoms with Crippen molar-refractivity contribution in [3.63, 3.8) is 0 Å². The summed E-state index contributed by atoms with van der Waals surface area (Å²) in [4.78, 5) is 24.2. The van der Waals surface area contributed by atoms with Crippen LogP contribution in [0.2, 0.25) is 0 Å². The maximum Gasteiger partial charge on any atom is 0.454 e. The Morgan fingerprint density at radius 1 is 1.07 bits per heavy atom. The topological polar surface area (TPSA) is 46.2 Å². The zero-order valence-corrected chi connectivity index (χ0v) is 14.6. The molecule has 27 heavy (non-hydrogen) atoms. The molecule has 0 saturated heterocycles. The van der Waals surface area contributed by atoms with E-state index in [1.165, 1.54) is 30.4 Å². The number of nitrogens with one attached hydrogen (secondary N) is 1. The number of thiophene rings is 1. The van der Waals surface area contributed by atoms with Crippen LogP contribution in [0, 0.1) is 0 Å². The molecule has 2 rings (SSSR count). The summed E-state index contributed by atoms with van der Waals surface area (Å²) in [5.41, 5.74) is -0.0593. The normalized spacial score (nSPS) is 11.8. The molecule has 0 radical (unpaired) electrons. The summed E-state index contributed by atoms with van der Waals surface area (Å²) < 4.78 is 50.5. The predicted molar refractivity (Wildman–Crippen MR) is 96.1 cm³/mol. The number of amides is 1. The molecule has 0 aliphatic heterocycles. The quantitative estimate of drug-likeness (QED) is 0.402. The van der Waals surface area contributed by atoms with Crippen LogP contribution in [0.1, 0.15) is 20.0 Å². The lowest BCUT2D eigenvalue weighted by Gasteiger charge is -2.06. The van der Waals surface area contributed by atoms with Crippen LogP contribution in [-0.4, -0.2) is 17.9 Å². The number of carbonyl (C=O) groups is 2. The second-order valence-electron chi connectivity index (χ2n) is 5.24. The largest absolute Gasteiger partial charge is 0.454 e. The van der Waals surface area contributed by atoms with Crippen molar-refractivity contribution >= 4 is 23.0 Å². The zero-order valence-electron chi connectivity index (χ0n) is 13.8. The number of Topliss-reactive ketones (excluding diaryl/α,β-unsaturated/α-hetero) is 1. The molecular weight excluding hydrogens is 382 g/mol. The minimum absolute atomic E-state index is 0.125. The van der Waals surface area contributed by atoms with Crippen molar-refractivity contribution in [2.75, 3.05) is 0 Å². The highest BCUT2D eigenvalue weighted by atomic mass is 32.1. The summed E-state index contributed by atoms with van der Waals surface area (Å²) in [5.74, 6) is -3.32. The molecule has 140 valence electrons. The van der Waals surface area contributed by atoms with Gasteiger partial charge in [0.2, 0.25) is 0 Å². The standard InChI is InChI=1S/C19H13F4NO2S/c1-3-4-14(11(2)20)24-18(26)16-10-9-15(27-16)12-5-7-13(8-6-12)17(25)19(21,22)23/h3-10H,1-2H2,(H,24,26)/b14-4+. The van der Waals surface area contributed by atoms with Gasteiger partial charge in [-0.15, -0.1) is 11.3 Å². The number of ketones is 1. The second-order valence-corrected chi connectivity index (χ2v) is 6.33. The molecule has 0 spiro atoms. The van der Waals surface area contributed by atoms with Gasteiger partial charge in [-0.1, -0.05) is 43.5 Å². The molecule has 0 atom stereocenters. The number of alkyl halides is 3. The zero-order chi connectivity index (χ0) is 20.2. The summed E-state index contributed by atoms with van der Waals surface area (Å²) in [6, 6.07) is 7.96. The van der Waals surface area contributed by atoms with Gasteiger partial charge in [-0.3, -0.25) is 9.59 Å². The van der Waals surface area contributed by atoms with Crippen molar-refractivity contribution in [2.45, 2.75) is 6.18 Å². The van der Waals surface area contributed by atoms with Crippen LogP contribution in [0.25, 0.3) is 10.4 Å². The predicted octanol–water partition coefficient (Wildman–Crippen LogP) is 5.44. The van der Waals surface area contributed by atoms with Crippen molar-refractivity contribution in [1.29, 1.82) is 0 Å². The fraction of sp³-hybridized carbons (Fsp3) is 0.0526. The van der Waals surface area contributed by atoms with E-state index < -0.39 is 29.3 Å². The first kappa shape index (κ1) is 20.3. The molecule has 0 bridgehead atoms. The Kier molecular flexibility index (Phi) is 6.12. The number of rotatable bonds is 6. The molecule has 1 aromatic heterocycles. The Morgan fingerprint density at radius 2 is 1.70 bits per heavy atom. The number of allylic oxidation sites excluding steroid dienone is 3. The average molecular weight is 395 g/mol. The van der Waals surface area contributed by atoms with Crippen LogP contribution in [0.4, 0.5) is 17.6 Å². The number of halogens is 4. The summed E-state index contributed by atoms with van der Waals surface area (Å²) in [6.45, 7) is 6.53. The van der Waals surface area contributed by atoms with Crippen molar-refractivity contribution in [3.8, 4) is 10.4 Å². The molecule has 2 aromatic rings. The first-order valence-electron chi connectivity index (χ1n) is 7.44. The maximum atomic E-state index is 13.3. The lowest BCUT2D eigenvalue weighted by atomic mass is 10.1. The number of carbonyl (C=O) groups excluding carboxylic acids is 2. The molecule has 1 amide bonds. The van der Waals surface area contributed by atoms with Gasteiger partial charge < -0.3 is 5.32 Å². The Bertz CT molecular complexity index is 924. The lowest BCUT2D eigenvalue weighted by Crippen LogP contribution is -2.22. The van der Waals surface area contributed by atoms with Crippen LogP contribution < -0.4 is 5.32 Å². The van der Waals surface area contributed by atoms with E-state index >= 15 is 0 Å². The van der Waals surface area contributed by atoms with E-state index in [1.54, 1.807) is 6.07 Å². The molecule has 0 fully saturated rings. The summed E-state index contributed by atoms with van der Waals surface area (Å²) in [6.07, 6.45) is -2.39. The minimum Gasteiger partial charge on any atom is -0.319 e. The van der Waals surface area contributed by atoms with Crippen molar-refractivity contribution in [2.24, 2.45) is 0 Å². The van der Waals surface area contributed by atoms with Gasteiger partial charge in [-0.25, -0.2) is 4.39 Å². The van der Waals surface area contributed by atoms with Crippen LogP contribution >= 0.6 is 11.3 Å². The highest BCUT2D eigenvalue weighted by Crippen LogP contribution is 2.30. The maximum absolute atomic E-state index is 13.3. The van der Waals surface area contributed by atoms with E-state index in [1.807, 2.05) is 0 Å². The minimum atomic E-state index is -4.94. The van der Waals surface area contributed by atoms with Gasteiger partial charge in [-0.05, 0) is 23.8 Å². The molecule has 1 aromatic carbocycles.